The van der Waals surface area contributed by atoms with E-state index in [4.69, 9.17) is 17.0 Å². The molecule has 0 bridgehead atoms. The first-order valence-electron chi connectivity index (χ1n) is 10.2. The molecule has 1 saturated heterocycles. The van der Waals surface area contributed by atoms with Gasteiger partial charge in [0.15, 0.2) is 5.11 Å². The van der Waals surface area contributed by atoms with Gasteiger partial charge in [0.1, 0.15) is 17.6 Å². The molecule has 4 aromatic rings. The molecule has 0 radical (unpaired) electrons. The van der Waals surface area contributed by atoms with E-state index in [2.05, 4.69) is 14.9 Å². The Labute approximate surface area is 191 Å². The molecule has 0 amide bonds. The Kier molecular flexibility index (Phi) is 5.33. The van der Waals surface area contributed by atoms with Crippen molar-refractivity contribution in [1.29, 1.82) is 0 Å². The highest BCUT2D eigenvalue weighted by atomic mass is 32.1. The van der Waals surface area contributed by atoms with Crippen LogP contribution in [0.25, 0.3) is 5.69 Å². The topological polar surface area (TPSA) is 42.3 Å². The maximum absolute atomic E-state index is 14.9. The highest BCUT2D eigenvalue weighted by Crippen LogP contribution is 2.43. The fourth-order valence-electron chi connectivity index (χ4n) is 4.25. The van der Waals surface area contributed by atoms with Gasteiger partial charge in [-0.05, 0) is 60.7 Å². The Bertz CT molecular complexity index is 1260. The van der Waals surface area contributed by atoms with Gasteiger partial charge in [0.2, 0.25) is 0 Å². The van der Waals surface area contributed by atoms with Crippen molar-refractivity contribution in [1.82, 2.24) is 14.9 Å². The van der Waals surface area contributed by atoms with Crippen LogP contribution in [0, 0.1) is 5.82 Å². The van der Waals surface area contributed by atoms with Crippen molar-refractivity contribution >= 4 is 23.0 Å². The molecule has 1 aliphatic heterocycles. The first kappa shape index (κ1) is 20.2. The van der Waals surface area contributed by atoms with Crippen LogP contribution in [0.5, 0.6) is 5.75 Å². The quantitative estimate of drug-likeness (QED) is 0.429. The third kappa shape index (κ3) is 3.40. The Balaban J connectivity index is 1.70. The highest BCUT2D eigenvalue weighted by molar-refractivity contribution is 7.80. The molecule has 0 saturated carbocycles. The number of nitrogens with zero attached hydrogens (tertiary/aromatic N) is 3. The highest BCUT2D eigenvalue weighted by Gasteiger charge is 2.43. The summed E-state index contributed by atoms with van der Waals surface area (Å²) < 4.78 is 22.6. The molecule has 3 heterocycles. The van der Waals surface area contributed by atoms with Crippen LogP contribution >= 0.6 is 12.2 Å². The van der Waals surface area contributed by atoms with Crippen LogP contribution in [0.2, 0.25) is 0 Å². The van der Waals surface area contributed by atoms with Crippen LogP contribution in [0.1, 0.15) is 23.5 Å². The van der Waals surface area contributed by atoms with Crippen LogP contribution < -0.4 is 15.0 Å². The molecule has 5 rings (SSSR count). The number of pyridine rings is 1. The Morgan fingerprint density at radius 2 is 1.69 bits per heavy atom. The SMILES string of the molecule is COc1ccccc1-n1cccc1[C@H]1[C@@H](c2ccccn2)NC(=S)N1c1ccccc1F. The van der Waals surface area contributed by atoms with E-state index in [1.54, 1.807) is 25.4 Å². The van der Waals surface area contributed by atoms with Gasteiger partial charge in [-0.2, -0.15) is 0 Å². The number of halogens is 1. The van der Waals surface area contributed by atoms with Gasteiger partial charge in [-0.1, -0.05) is 30.3 Å². The first-order chi connectivity index (χ1) is 15.7. The molecule has 0 aliphatic carbocycles. The van der Waals surface area contributed by atoms with Crippen molar-refractivity contribution in [2.24, 2.45) is 0 Å². The van der Waals surface area contributed by atoms with Gasteiger partial charge in [-0.15, -0.1) is 0 Å². The minimum atomic E-state index is -0.339. The Morgan fingerprint density at radius 3 is 2.44 bits per heavy atom. The van der Waals surface area contributed by atoms with Gasteiger partial charge >= 0.3 is 0 Å². The summed E-state index contributed by atoms with van der Waals surface area (Å²) >= 11 is 5.71. The number of nitrogens with one attached hydrogen (secondary N) is 1. The van der Waals surface area contributed by atoms with E-state index in [1.165, 1.54) is 6.07 Å². The summed E-state index contributed by atoms with van der Waals surface area (Å²) in [5.41, 5.74) is 3.06. The largest absolute Gasteiger partial charge is 0.495 e. The van der Waals surface area contributed by atoms with Crippen molar-refractivity contribution in [3.8, 4) is 11.4 Å². The zero-order valence-electron chi connectivity index (χ0n) is 17.4. The number of rotatable bonds is 5. The van der Waals surface area contributed by atoms with E-state index in [0.717, 1.165) is 22.8 Å². The summed E-state index contributed by atoms with van der Waals surface area (Å²) in [5.74, 6) is 0.407. The van der Waals surface area contributed by atoms with Gasteiger partial charge in [0.05, 0.1) is 30.2 Å². The van der Waals surface area contributed by atoms with Crippen molar-refractivity contribution < 1.29 is 9.13 Å². The molecule has 0 unspecified atom stereocenters. The smallest absolute Gasteiger partial charge is 0.174 e. The summed E-state index contributed by atoms with van der Waals surface area (Å²) in [6.45, 7) is 0. The standard InChI is InChI=1S/C25H21FN4OS/c1-31-22-14-5-4-12-20(22)29-16-8-13-21(29)24-23(18-10-6-7-15-27-18)28-25(32)30(24)19-11-3-2-9-17(19)26/h2-16,23-24H,1H3,(H,28,32)/t23-,24+/m1/s1. The lowest BCUT2D eigenvalue weighted by Crippen LogP contribution is -2.31. The number of anilines is 1. The molecule has 1 aliphatic rings. The lowest BCUT2D eigenvalue weighted by Gasteiger charge is -2.29. The lowest BCUT2D eigenvalue weighted by molar-refractivity contribution is 0.412. The van der Waals surface area contributed by atoms with E-state index in [1.807, 2.05) is 71.8 Å². The average Bonchev–Trinajstić information content (AvgIpc) is 3.44. The van der Waals surface area contributed by atoms with Gasteiger partial charge in [-0.3, -0.25) is 4.98 Å². The van der Waals surface area contributed by atoms with Crippen molar-refractivity contribution in [2.75, 3.05) is 12.0 Å². The van der Waals surface area contributed by atoms with Crippen molar-refractivity contribution in [3.63, 3.8) is 0 Å². The summed E-state index contributed by atoms with van der Waals surface area (Å²) in [6.07, 6.45) is 3.73. The second kappa shape index (κ2) is 8.43. The van der Waals surface area contributed by atoms with Gasteiger partial charge in [0, 0.05) is 18.1 Å². The maximum Gasteiger partial charge on any atom is 0.174 e. The third-order valence-corrected chi connectivity index (χ3v) is 5.95. The molecule has 0 spiro atoms. The van der Waals surface area contributed by atoms with Crippen LogP contribution in [-0.2, 0) is 0 Å². The molecule has 160 valence electrons. The molecule has 2 aromatic carbocycles. The molecular formula is C25H21FN4OS. The van der Waals surface area contributed by atoms with E-state index >= 15 is 0 Å². The van der Waals surface area contributed by atoms with Gasteiger partial charge in [0.25, 0.3) is 0 Å². The molecular weight excluding hydrogens is 423 g/mol. The fraction of sp³-hybridized carbons (Fsp3) is 0.120. The monoisotopic (exact) mass is 444 g/mol. The first-order valence-corrected chi connectivity index (χ1v) is 10.7. The van der Waals surface area contributed by atoms with Gasteiger partial charge < -0.3 is 19.5 Å². The number of para-hydroxylation sites is 3. The maximum atomic E-state index is 14.9. The summed E-state index contributed by atoms with van der Waals surface area (Å²) in [5, 5.41) is 3.82. The van der Waals surface area contributed by atoms with Gasteiger partial charge in [-0.25, -0.2) is 4.39 Å². The van der Waals surface area contributed by atoms with E-state index < -0.39 is 0 Å². The van der Waals surface area contributed by atoms with E-state index in [-0.39, 0.29) is 17.9 Å². The zero-order chi connectivity index (χ0) is 22.1. The number of thiocarbonyl (C=S) groups is 1. The second-order valence-corrected chi connectivity index (χ2v) is 7.81. The molecule has 5 nitrogen and oxygen atoms in total. The molecule has 32 heavy (non-hydrogen) atoms. The number of hydrogen-bond acceptors (Lipinski definition) is 3. The second-order valence-electron chi connectivity index (χ2n) is 7.42. The van der Waals surface area contributed by atoms with Crippen LogP contribution in [0.15, 0.2) is 91.3 Å². The number of methoxy groups -OCH3 is 1. The van der Waals surface area contributed by atoms with Crippen LogP contribution in [-0.4, -0.2) is 21.8 Å². The van der Waals surface area contributed by atoms with Crippen molar-refractivity contribution in [3.05, 3.63) is 108 Å². The zero-order valence-corrected chi connectivity index (χ0v) is 18.2. The Morgan fingerprint density at radius 1 is 0.938 bits per heavy atom. The predicted octanol–water partition coefficient (Wildman–Crippen LogP) is 5.20. The van der Waals surface area contributed by atoms with E-state index in [9.17, 15) is 4.39 Å². The molecule has 2 aromatic heterocycles. The minimum absolute atomic E-state index is 0.272. The third-order valence-electron chi connectivity index (χ3n) is 5.64. The van der Waals surface area contributed by atoms with Crippen LogP contribution in [0.3, 0.4) is 0 Å². The average molecular weight is 445 g/mol. The Hall–Kier alpha value is -3.71. The molecule has 2 atom stereocenters. The lowest BCUT2D eigenvalue weighted by atomic mass is 10.0. The normalized spacial score (nSPS) is 17.9. The fourth-order valence-corrected chi connectivity index (χ4v) is 4.58. The summed E-state index contributed by atoms with van der Waals surface area (Å²) in [7, 11) is 1.65. The number of ether oxygens (including phenoxy) is 1. The number of aromatic nitrogens is 2. The van der Waals surface area contributed by atoms with E-state index in [0.29, 0.717) is 10.8 Å². The number of hydrogen-bond donors (Lipinski definition) is 1. The van der Waals surface area contributed by atoms with Crippen LogP contribution in [0.4, 0.5) is 10.1 Å². The molecule has 1 N–H and O–H groups in total. The number of benzene rings is 2. The molecule has 7 heteroatoms. The van der Waals surface area contributed by atoms with Crippen molar-refractivity contribution in [2.45, 2.75) is 12.1 Å². The predicted molar refractivity (Wildman–Crippen MR) is 127 cm³/mol. The minimum Gasteiger partial charge on any atom is -0.495 e. The summed E-state index contributed by atoms with van der Waals surface area (Å²) in [6, 6.07) is 23.6. The summed E-state index contributed by atoms with van der Waals surface area (Å²) in [4.78, 5) is 6.40. The molecule has 1 fully saturated rings.